The molecule has 0 aliphatic carbocycles. The topological polar surface area (TPSA) is 32.7 Å². The van der Waals surface area contributed by atoms with E-state index in [0.29, 0.717) is 0 Å². The molecule has 1 aliphatic rings. The summed E-state index contributed by atoms with van der Waals surface area (Å²) < 4.78 is 13.2. The average Bonchev–Trinajstić information content (AvgIpc) is 2.71. The summed E-state index contributed by atoms with van der Waals surface area (Å²) >= 11 is -2.32. The van der Waals surface area contributed by atoms with Crippen molar-refractivity contribution >= 4 is 18.4 Å². The monoisotopic (exact) mass is 503 g/mol. The van der Waals surface area contributed by atoms with Crippen molar-refractivity contribution in [3.8, 4) is 0 Å². The Balaban J connectivity index is 2.91. The molecule has 1 aliphatic heterocycles. The summed E-state index contributed by atoms with van der Waals surface area (Å²) in [5.41, 5.74) is 0. The van der Waals surface area contributed by atoms with Gasteiger partial charge in [0, 0.05) is 0 Å². The number of piperidine rings is 1. The molecule has 1 rings (SSSR count). The fourth-order valence-corrected chi connectivity index (χ4v) is 18.9. The molecule has 0 spiro atoms. The fraction of sp³-hybridized carbons (Fsp3) is 0.917. The van der Waals surface area contributed by atoms with Gasteiger partial charge in [-0.05, 0) is 0 Å². The molecule has 166 valence electrons. The Morgan fingerprint density at radius 2 is 1.57 bits per heavy atom. The number of nitrogens with zero attached hydrogens (tertiary/aromatic N) is 1. The number of aliphatic hydroxyl groups is 1. The van der Waals surface area contributed by atoms with Gasteiger partial charge in [0.2, 0.25) is 0 Å². The van der Waals surface area contributed by atoms with Crippen LogP contribution in [0, 0.1) is 5.92 Å². The zero-order valence-electron chi connectivity index (χ0n) is 19.6. The molecule has 1 fully saturated rings. The van der Waals surface area contributed by atoms with E-state index in [-0.39, 0.29) is 18.1 Å². The summed E-state index contributed by atoms with van der Waals surface area (Å²) in [7, 11) is 2.17. The van der Waals surface area contributed by atoms with E-state index >= 15 is 0 Å². The molecule has 0 aromatic carbocycles. The van der Waals surface area contributed by atoms with E-state index in [4.69, 9.17) is 4.74 Å². The summed E-state index contributed by atoms with van der Waals surface area (Å²) in [6.07, 6.45) is 12.2. The summed E-state index contributed by atoms with van der Waals surface area (Å²) in [5, 5.41) is 11.1. The van der Waals surface area contributed by atoms with Crippen LogP contribution in [0.2, 0.25) is 13.3 Å². The Hall–Kier alpha value is 0.419. The van der Waals surface area contributed by atoms with E-state index in [1.807, 2.05) is 0 Å². The van der Waals surface area contributed by atoms with Crippen molar-refractivity contribution in [1.82, 2.24) is 4.90 Å². The van der Waals surface area contributed by atoms with Crippen molar-refractivity contribution in [3.63, 3.8) is 0 Å². The molecule has 0 bridgehead atoms. The van der Waals surface area contributed by atoms with E-state index in [0.717, 1.165) is 32.5 Å². The quantitative estimate of drug-likeness (QED) is 0.277. The van der Waals surface area contributed by atoms with Crippen molar-refractivity contribution in [2.75, 3.05) is 26.7 Å². The molecule has 0 radical (unpaired) electrons. The molecule has 0 saturated carbocycles. The minimum absolute atomic E-state index is 0.210. The second kappa shape index (κ2) is 15.3. The first-order valence-electron chi connectivity index (χ1n) is 12.2. The van der Waals surface area contributed by atoms with Gasteiger partial charge < -0.3 is 0 Å². The molecule has 3 unspecified atom stereocenters. The molecule has 1 saturated heterocycles. The Kier molecular flexibility index (Phi) is 14.4. The van der Waals surface area contributed by atoms with Crippen molar-refractivity contribution < 1.29 is 9.84 Å². The van der Waals surface area contributed by atoms with Crippen molar-refractivity contribution in [2.45, 2.75) is 105 Å². The molecule has 3 atom stereocenters. The van der Waals surface area contributed by atoms with Crippen LogP contribution in [-0.4, -0.2) is 67.3 Å². The maximum atomic E-state index is 11.1. The number of likely N-dealkylation sites (tertiary alicyclic amines) is 1. The normalized spacial score (nSPS) is 22.8. The standard InChI is InChI=1S/C12H22NO2.3C4H9.Sn/c1-4-8-15-12-6-7-13(3)9-10(12)11(14)5-2;3*1-3-4-2;/h2,5,10-12,14H,4,6-9H2,1,3H3;3*1,3-4H2,2H3;. The summed E-state index contributed by atoms with van der Waals surface area (Å²) in [4.78, 5) is 2.36. The van der Waals surface area contributed by atoms with Gasteiger partial charge in [-0.2, -0.15) is 0 Å². The summed E-state index contributed by atoms with van der Waals surface area (Å²) in [5.74, 6) is 0.217. The van der Waals surface area contributed by atoms with Crippen LogP contribution < -0.4 is 0 Å². The first-order valence-corrected chi connectivity index (χ1v) is 19.9. The second-order valence-electron chi connectivity index (χ2n) is 9.15. The van der Waals surface area contributed by atoms with E-state index in [1.54, 1.807) is 0 Å². The van der Waals surface area contributed by atoms with Gasteiger partial charge >= 0.3 is 181 Å². The van der Waals surface area contributed by atoms with Crippen LogP contribution in [0.25, 0.3) is 0 Å². The molecular formula is C24H49NO2Sn. The van der Waals surface area contributed by atoms with Crippen molar-refractivity contribution in [1.29, 1.82) is 0 Å². The van der Waals surface area contributed by atoms with Gasteiger partial charge in [0.1, 0.15) is 0 Å². The maximum absolute atomic E-state index is 11.1. The Labute approximate surface area is 180 Å². The zero-order chi connectivity index (χ0) is 20.8. The molecule has 4 heteroatoms. The van der Waals surface area contributed by atoms with Crippen LogP contribution in [0.3, 0.4) is 0 Å². The van der Waals surface area contributed by atoms with Crippen LogP contribution in [-0.2, 0) is 4.74 Å². The number of ether oxygens (including phenoxy) is 1. The van der Waals surface area contributed by atoms with Crippen molar-refractivity contribution in [2.24, 2.45) is 5.92 Å². The zero-order valence-corrected chi connectivity index (χ0v) is 22.4. The third-order valence-electron chi connectivity index (χ3n) is 6.50. The van der Waals surface area contributed by atoms with Crippen LogP contribution in [0.15, 0.2) is 10.2 Å². The molecule has 0 amide bonds. The summed E-state index contributed by atoms with van der Waals surface area (Å²) in [6, 6.07) is 0. The van der Waals surface area contributed by atoms with Crippen LogP contribution >= 0.6 is 0 Å². The second-order valence-corrected chi connectivity index (χ2v) is 22.2. The molecule has 0 aromatic heterocycles. The molecule has 0 aromatic rings. The number of rotatable bonds is 15. The summed E-state index contributed by atoms with van der Waals surface area (Å²) in [6.45, 7) is 12.0. The molecule has 3 nitrogen and oxygen atoms in total. The van der Waals surface area contributed by atoms with Gasteiger partial charge in [0.15, 0.2) is 0 Å². The van der Waals surface area contributed by atoms with E-state index in [9.17, 15) is 5.11 Å². The SMILES string of the molecule is CCC[CH2][Sn]([CH]=CC(O)C1CN(C)CCC1OCCC)([CH2]CCC)[CH2]CCC. The van der Waals surface area contributed by atoms with E-state index in [2.05, 4.69) is 49.8 Å². The van der Waals surface area contributed by atoms with E-state index in [1.165, 1.54) is 51.8 Å². The number of hydrogen-bond acceptors (Lipinski definition) is 3. The Morgan fingerprint density at radius 3 is 2.07 bits per heavy atom. The molecule has 1 heterocycles. The third-order valence-corrected chi connectivity index (χ3v) is 20.6. The van der Waals surface area contributed by atoms with Crippen LogP contribution in [0.4, 0.5) is 0 Å². The van der Waals surface area contributed by atoms with Gasteiger partial charge in [-0.25, -0.2) is 0 Å². The first-order chi connectivity index (χ1) is 13.5. The number of unbranched alkanes of at least 4 members (excludes halogenated alkanes) is 3. The predicted octanol–water partition coefficient (Wildman–Crippen LogP) is 6.04. The Bertz CT molecular complexity index is 392. The molecular weight excluding hydrogens is 453 g/mol. The fourth-order valence-electron chi connectivity index (χ4n) is 4.59. The third kappa shape index (κ3) is 9.49. The van der Waals surface area contributed by atoms with Gasteiger partial charge in [-0.3, -0.25) is 0 Å². The van der Waals surface area contributed by atoms with Gasteiger partial charge in [-0.15, -0.1) is 0 Å². The van der Waals surface area contributed by atoms with Crippen molar-refractivity contribution in [3.05, 3.63) is 10.2 Å². The van der Waals surface area contributed by atoms with Crippen LogP contribution in [0.1, 0.15) is 79.1 Å². The van der Waals surface area contributed by atoms with Gasteiger partial charge in [-0.1, -0.05) is 0 Å². The first kappa shape index (κ1) is 26.5. The average molecular weight is 502 g/mol. The molecule has 1 N–H and O–H groups in total. The van der Waals surface area contributed by atoms with Crippen LogP contribution in [0.5, 0.6) is 0 Å². The molecule has 28 heavy (non-hydrogen) atoms. The number of hydrogen-bond donors (Lipinski definition) is 1. The number of aliphatic hydroxyl groups excluding tert-OH is 1. The van der Waals surface area contributed by atoms with E-state index < -0.39 is 18.4 Å². The van der Waals surface area contributed by atoms with Gasteiger partial charge in [0.05, 0.1) is 0 Å². The minimum atomic E-state index is -2.32. The Morgan fingerprint density at radius 1 is 1.00 bits per heavy atom. The van der Waals surface area contributed by atoms with Gasteiger partial charge in [0.25, 0.3) is 0 Å². The predicted molar refractivity (Wildman–Crippen MR) is 126 cm³/mol.